The number of rotatable bonds is 8. The summed E-state index contributed by atoms with van der Waals surface area (Å²) in [5.74, 6) is 0.363. The lowest BCUT2D eigenvalue weighted by atomic mass is 10.0. The number of carbonyl (C=O) groups is 1. The number of hydrogen-bond donors (Lipinski definition) is 2. The van der Waals surface area contributed by atoms with Crippen molar-refractivity contribution in [2.75, 3.05) is 5.32 Å². The largest absolute Gasteiger partial charge is 0.462 e. The van der Waals surface area contributed by atoms with Gasteiger partial charge in [0.05, 0.1) is 23.9 Å². The minimum atomic E-state index is -0.721. The molecule has 0 spiro atoms. The zero-order valence-corrected chi connectivity index (χ0v) is 22.2. The third-order valence-corrected chi connectivity index (χ3v) is 6.96. The fourth-order valence-corrected chi connectivity index (χ4v) is 5.07. The molecule has 3 aromatic carbocycles. The van der Waals surface area contributed by atoms with Crippen LogP contribution >= 0.6 is 0 Å². The molecule has 2 aromatic heterocycles. The fraction of sp³-hybridized carbons (Fsp3) is 0.188. The number of imidazole rings is 1. The van der Waals surface area contributed by atoms with Crippen molar-refractivity contribution in [2.24, 2.45) is 0 Å². The summed E-state index contributed by atoms with van der Waals surface area (Å²) >= 11 is 0. The van der Waals surface area contributed by atoms with Gasteiger partial charge in [0, 0.05) is 42.4 Å². The van der Waals surface area contributed by atoms with Gasteiger partial charge in [0.25, 0.3) is 0 Å². The number of carbonyl (C=O) groups excluding carboxylic acids is 1. The maximum Gasteiger partial charge on any atom is 0.308 e. The lowest BCUT2D eigenvalue weighted by molar-refractivity contribution is -0.160. The van der Waals surface area contributed by atoms with E-state index in [0.29, 0.717) is 42.5 Å². The van der Waals surface area contributed by atoms with E-state index in [1.807, 2.05) is 60.7 Å². The molecule has 2 atom stereocenters. The standard InChI is InChI=1S/C32H28FN5O3/c33-23-13-11-21(12-14-23)30-29(27-15-17-34-32(36-27)35-24-9-5-2-6-10-24)37-31(22-7-3-1-4-8-22)38(30)18-16-26-19-25(39)20-28(40)41-26/h1-15,17,25-26,39H,16,18-20H2,(H,34,35,36)/t25-,26+/m1/s1. The molecule has 1 aliphatic heterocycles. The Hall–Kier alpha value is -4.89. The Morgan fingerprint density at radius 3 is 2.39 bits per heavy atom. The summed E-state index contributed by atoms with van der Waals surface area (Å²) in [7, 11) is 0. The monoisotopic (exact) mass is 549 g/mol. The van der Waals surface area contributed by atoms with Crippen LogP contribution in [0.2, 0.25) is 0 Å². The number of hydrogen-bond acceptors (Lipinski definition) is 7. The van der Waals surface area contributed by atoms with Crippen molar-refractivity contribution >= 4 is 17.6 Å². The number of cyclic esters (lactones) is 1. The minimum absolute atomic E-state index is 0.00881. The smallest absolute Gasteiger partial charge is 0.308 e. The second-order valence-corrected chi connectivity index (χ2v) is 9.91. The number of anilines is 2. The quantitative estimate of drug-likeness (QED) is 0.229. The normalized spacial score (nSPS) is 16.8. The van der Waals surface area contributed by atoms with Crippen LogP contribution in [0.15, 0.2) is 97.2 Å². The first-order valence-corrected chi connectivity index (χ1v) is 13.5. The number of halogens is 1. The van der Waals surface area contributed by atoms with Crippen LogP contribution in [-0.4, -0.2) is 42.8 Å². The molecule has 0 saturated carbocycles. The summed E-state index contributed by atoms with van der Waals surface area (Å²) in [4.78, 5) is 26.3. The van der Waals surface area contributed by atoms with Crippen LogP contribution in [-0.2, 0) is 16.1 Å². The number of esters is 1. The van der Waals surface area contributed by atoms with E-state index in [0.717, 1.165) is 22.5 Å². The Bertz CT molecular complexity index is 1640. The second-order valence-electron chi connectivity index (χ2n) is 9.91. The van der Waals surface area contributed by atoms with Gasteiger partial charge < -0.3 is 19.7 Å². The van der Waals surface area contributed by atoms with Gasteiger partial charge in [-0.2, -0.15) is 0 Å². The Morgan fingerprint density at radius 1 is 0.927 bits per heavy atom. The van der Waals surface area contributed by atoms with Crippen LogP contribution in [0.4, 0.5) is 16.0 Å². The highest BCUT2D eigenvalue weighted by Gasteiger charge is 2.29. The average Bonchev–Trinajstić information content (AvgIpc) is 3.37. The Labute approximate surface area is 236 Å². The molecule has 9 heteroatoms. The van der Waals surface area contributed by atoms with Gasteiger partial charge in [-0.05, 0) is 42.5 Å². The number of nitrogens with zero attached hydrogens (tertiary/aromatic N) is 4. The van der Waals surface area contributed by atoms with Crippen molar-refractivity contribution in [3.63, 3.8) is 0 Å². The molecule has 3 heterocycles. The fourth-order valence-electron chi connectivity index (χ4n) is 5.07. The molecule has 2 N–H and O–H groups in total. The van der Waals surface area contributed by atoms with Gasteiger partial charge in [-0.25, -0.2) is 19.3 Å². The predicted molar refractivity (Wildman–Crippen MR) is 154 cm³/mol. The number of aliphatic hydroxyl groups is 1. The average molecular weight is 550 g/mol. The SMILES string of the molecule is O=C1C[C@H](O)C[C@H](CCn2c(-c3ccccc3)nc(-c3ccnc(Nc4ccccc4)n3)c2-c2ccc(F)cc2)O1. The molecule has 41 heavy (non-hydrogen) atoms. The molecular formula is C32H28FN5O3. The molecule has 8 nitrogen and oxygen atoms in total. The second kappa shape index (κ2) is 11.7. The first-order valence-electron chi connectivity index (χ1n) is 13.5. The zero-order valence-electron chi connectivity index (χ0n) is 22.2. The summed E-state index contributed by atoms with van der Waals surface area (Å²) in [6.45, 7) is 0.439. The summed E-state index contributed by atoms with van der Waals surface area (Å²) in [5.41, 5.74) is 4.44. The van der Waals surface area contributed by atoms with E-state index in [4.69, 9.17) is 14.7 Å². The molecule has 1 fully saturated rings. The first kappa shape index (κ1) is 26.3. The van der Waals surface area contributed by atoms with Crippen LogP contribution in [0, 0.1) is 5.82 Å². The van der Waals surface area contributed by atoms with E-state index in [1.54, 1.807) is 24.4 Å². The van der Waals surface area contributed by atoms with Crippen molar-refractivity contribution in [1.29, 1.82) is 0 Å². The third kappa shape index (κ3) is 6.00. The summed E-state index contributed by atoms with van der Waals surface area (Å²) < 4.78 is 21.6. The molecule has 0 aliphatic carbocycles. The van der Waals surface area contributed by atoms with Crippen LogP contribution in [0.25, 0.3) is 34.0 Å². The number of benzene rings is 3. The molecule has 0 radical (unpaired) electrons. The Morgan fingerprint density at radius 2 is 1.66 bits per heavy atom. The third-order valence-electron chi connectivity index (χ3n) is 6.96. The van der Waals surface area contributed by atoms with Gasteiger partial charge in [-0.1, -0.05) is 48.5 Å². The number of ether oxygens (including phenoxy) is 1. The van der Waals surface area contributed by atoms with Gasteiger partial charge in [-0.15, -0.1) is 0 Å². The number of para-hydroxylation sites is 1. The summed E-state index contributed by atoms with van der Waals surface area (Å²) in [6, 6.07) is 27.5. The highest BCUT2D eigenvalue weighted by Crippen LogP contribution is 2.37. The number of aliphatic hydroxyl groups excluding tert-OH is 1. The maximum absolute atomic E-state index is 14.0. The van der Waals surface area contributed by atoms with Crippen LogP contribution in [0.5, 0.6) is 0 Å². The molecule has 5 aromatic rings. The van der Waals surface area contributed by atoms with Crippen LogP contribution in [0.1, 0.15) is 19.3 Å². The van der Waals surface area contributed by atoms with Gasteiger partial charge in [0.2, 0.25) is 5.95 Å². The zero-order chi connectivity index (χ0) is 28.2. The predicted octanol–water partition coefficient (Wildman–Crippen LogP) is 6.01. The van der Waals surface area contributed by atoms with Crippen molar-refractivity contribution < 1.29 is 19.0 Å². The van der Waals surface area contributed by atoms with Gasteiger partial charge in [0.1, 0.15) is 23.4 Å². The Kier molecular flexibility index (Phi) is 7.51. The maximum atomic E-state index is 14.0. The van der Waals surface area contributed by atoms with E-state index < -0.39 is 18.2 Å². The highest BCUT2D eigenvalue weighted by molar-refractivity contribution is 5.81. The molecular weight excluding hydrogens is 521 g/mol. The van der Waals surface area contributed by atoms with E-state index in [-0.39, 0.29) is 12.2 Å². The summed E-state index contributed by atoms with van der Waals surface area (Å²) in [6.07, 6.45) is 1.38. The topological polar surface area (TPSA) is 102 Å². The van der Waals surface area contributed by atoms with Crippen molar-refractivity contribution in [3.8, 4) is 34.0 Å². The van der Waals surface area contributed by atoms with Crippen LogP contribution < -0.4 is 5.32 Å². The van der Waals surface area contributed by atoms with Gasteiger partial charge in [-0.3, -0.25) is 4.79 Å². The molecule has 0 bridgehead atoms. The highest BCUT2D eigenvalue weighted by atomic mass is 19.1. The van der Waals surface area contributed by atoms with E-state index in [2.05, 4.69) is 14.9 Å². The van der Waals surface area contributed by atoms with E-state index >= 15 is 0 Å². The molecule has 206 valence electrons. The molecule has 6 rings (SSSR count). The van der Waals surface area contributed by atoms with Crippen molar-refractivity contribution in [3.05, 3.63) is 103 Å². The van der Waals surface area contributed by atoms with E-state index in [9.17, 15) is 14.3 Å². The molecule has 0 unspecified atom stereocenters. The number of nitrogens with one attached hydrogen (secondary N) is 1. The van der Waals surface area contributed by atoms with Crippen molar-refractivity contribution in [2.45, 2.75) is 38.0 Å². The molecule has 1 saturated heterocycles. The molecule has 1 aliphatic rings. The first-order chi connectivity index (χ1) is 20.0. The van der Waals surface area contributed by atoms with Crippen molar-refractivity contribution in [1.82, 2.24) is 19.5 Å². The van der Waals surface area contributed by atoms with Crippen LogP contribution in [0.3, 0.4) is 0 Å². The molecule has 0 amide bonds. The lowest BCUT2D eigenvalue weighted by Crippen LogP contribution is -2.33. The summed E-state index contributed by atoms with van der Waals surface area (Å²) in [5, 5.41) is 13.4. The lowest BCUT2D eigenvalue weighted by Gasteiger charge is -2.26. The Balaban J connectivity index is 1.47. The van der Waals surface area contributed by atoms with Gasteiger partial charge in [0.15, 0.2) is 0 Å². The van der Waals surface area contributed by atoms with E-state index in [1.165, 1.54) is 12.1 Å². The number of aromatic nitrogens is 4. The van der Waals surface area contributed by atoms with Gasteiger partial charge >= 0.3 is 5.97 Å². The minimum Gasteiger partial charge on any atom is -0.462 e.